The smallest absolute Gasteiger partial charge is 0.328 e. The highest BCUT2D eigenvalue weighted by molar-refractivity contribution is 7.98. The van der Waals surface area contributed by atoms with Crippen molar-refractivity contribution in [3.63, 3.8) is 0 Å². The predicted molar refractivity (Wildman–Crippen MR) is 129 cm³/mol. The first-order valence-corrected chi connectivity index (χ1v) is 12.2. The van der Waals surface area contributed by atoms with Crippen LogP contribution in [0.5, 0.6) is 0 Å². The number of aliphatic carboxylic acids is 2. The number of carbonyl (C=O) groups is 5. The number of carbonyl (C=O) groups excluding carboxylic acids is 3. The average molecular weight is 513 g/mol. The zero-order valence-electron chi connectivity index (χ0n) is 19.3. The number of nitrogens with two attached hydrogens (primary N) is 1. The van der Waals surface area contributed by atoms with Gasteiger partial charge in [-0.3, -0.25) is 19.2 Å². The monoisotopic (exact) mass is 512 g/mol. The lowest BCUT2D eigenvalue weighted by atomic mass is 10.0. The van der Waals surface area contributed by atoms with E-state index in [1.54, 1.807) is 30.5 Å². The summed E-state index contributed by atoms with van der Waals surface area (Å²) in [6, 6.07) is 3.92. The quantitative estimate of drug-likeness (QED) is 0.139. The first kappa shape index (κ1) is 29.9. The summed E-state index contributed by atoms with van der Waals surface area (Å²) < 4.78 is 0. The molecule has 1 aromatic rings. The van der Waals surface area contributed by atoms with E-state index in [4.69, 9.17) is 21.1 Å². The van der Waals surface area contributed by atoms with Gasteiger partial charge >= 0.3 is 11.9 Å². The largest absolute Gasteiger partial charge is 0.481 e. The summed E-state index contributed by atoms with van der Waals surface area (Å²) in [4.78, 5) is 60.3. The molecule has 0 spiro atoms. The molecule has 0 aliphatic rings. The minimum absolute atomic E-state index is 0.129. The fraction of sp³-hybridized carbons (Fsp3) is 0.500. The molecule has 0 heterocycles. The molecule has 0 aliphatic heterocycles. The summed E-state index contributed by atoms with van der Waals surface area (Å²) in [5, 5.41) is 34.3. The zero-order chi connectivity index (χ0) is 26.4. The minimum Gasteiger partial charge on any atom is -0.481 e. The van der Waals surface area contributed by atoms with E-state index in [0.717, 1.165) is 5.56 Å². The van der Waals surface area contributed by atoms with Crippen molar-refractivity contribution in [3.05, 3.63) is 35.9 Å². The molecule has 8 N–H and O–H groups in total. The van der Waals surface area contributed by atoms with Gasteiger partial charge in [0, 0.05) is 6.42 Å². The molecule has 0 saturated heterocycles. The first-order chi connectivity index (χ1) is 16.6. The number of nitrogens with one attached hydrogen (secondary N) is 3. The van der Waals surface area contributed by atoms with E-state index < -0.39 is 66.9 Å². The third-order valence-corrected chi connectivity index (χ3v) is 5.60. The van der Waals surface area contributed by atoms with Gasteiger partial charge in [-0.15, -0.1) is 0 Å². The Balaban J connectivity index is 2.94. The van der Waals surface area contributed by atoms with Gasteiger partial charge in [-0.2, -0.15) is 11.8 Å². The maximum absolute atomic E-state index is 12.9. The van der Waals surface area contributed by atoms with Crippen LogP contribution in [-0.4, -0.2) is 87.8 Å². The Morgan fingerprint density at radius 3 is 1.94 bits per heavy atom. The van der Waals surface area contributed by atoms with Gasteiger partial charge in [0.2, 0.25) is 17.7 Å². The van der Waals surface area contributed by atoms with Crippen LogP contribution in [0, 0.1) is 0 Å². The molecule has 13 heteroatoms. The molecule has 0 fully saturated rings. The highest BCUT2D eigenvalue weighted by Gasteiger charge is 2.30. The number of aliphatic hydroxyl groups is 1. The van der Waals surface area contributed by atoms with E-state index in [1.807, 2.05) is 6.07 Å². The highest BCUT2D eigenvalue weighted by Crippen LogP contribution is 2.07. The van der Waals surface area contributed by atoms with Crippen LogP contribution in [0.15, 0.2) is 30.3 Å². The van der Waals surface area contributed by atoms with Gasteiger partial charge in [0.1, 0.15) is 18.1 Å². The van der Waals surface area contributed by atoms with Crippen LogP contribution in [-0.2, 0) is 30.4 Å². The lowest BCUT2D eigenvalue weighted by molar-refractivity contribution is -0.143. The summed E-state index contributed by atoms with van der Waals surface area (Å²) in [6.45, 7) is -0.846. The van der Waals surface area contributed by atoms with E-state index >= 15 is 0 Å². The van der Waals surface area contributed by atoms with Crippen molar-refractivity contribution < 1.29 is 39.3 Å². The Labute approximate surface area is 207 Å². The molecule has 4 atom stereocenters. The van der Waals surface area contributed by atoms with Crippen molar-refractivity contribution in [1.82, 2.24) is 16.0 Å². The van der Waals surface area contributed by atoms with Crippen molar-refractivity contribution >= 4 is 41.4 Å². The van der Waals surface area contributed by atoms with Crippen molar-refractivity contribution in [2.75, 3.05) is 18.6 Å². The Hall–Kier alpha value is -3.16. The summed E-state index contributed by atoms with van der Waals surface area (Å²) in [7, 11) is 0. The van der Waals surface area contributed by atoms with Crippen LogP contribution in [0.25, 0.3) is 0 Å². The Morgan fingerprint density at radius 2 is 1.43 bits per heavy atom. The summed E-state index contributed by atoms with van der Waals surface area (Å²) in [5.41, 5.74) is 6.76. The van der Waals surface area contributed by atoms with E-state index in [1.165, 1.54) is 11.8 Å². The Kier molecular flexibility index (Phi) is 13.4. The van der Waals surface area contributed by atoms with Gasteiger partial charge in [0.15, 0.2) is 0 Å². The molecule has 0 bridgehead atoms. The van der Waals surface area contributed by atoms with Crippen LogP contribution in [0.4, 0.5) is 0 Å². The average Bonchev–Trinajstić information content (AvgIpc) is 2.82. The topological polar surface area (TPSA) is 208 Å². The molecule has 4 unspecified atom stereocenters. The SMILES string of the molecule is CSCCC(NC(=O)C(CCC(=O)O)NC(=O)C(N)Cc1ccccc1)C(=O)NC(CO)C(=O)O. The lowest BCUT2D eigenvalue weighted by Crippen LogP contribution is -2.57. The lowest BCUT2D eigenvalue weighted by Gasteiger charge is -2.24. The van der Waals surface area contributed by atoms with Crippen molar-refractivity contribution in [2.45, 2.75) is 49.9 Å². The standard InChI is InChI=1S/C22H32N4O8S/c1-35-10-9-16(21(32)26-17(12-27)22(33)34)25-20(31)15(7-8-18(28)29)24-19(30)14(23)11-13-5-3-2-4-6-13/h2-6,14-17,27H,7-12,23H2,1H3,(H,24,30)(H,25,31)(H,26,32)(H,28,29)(H,33,34). The van der Waals surface area contributed by atoms with Gasteiger partial charge in [0.05, 0.1) is 12.6 Å². The molecule has 194 valence electrons. The van der Waals surface area contributed by atoms with Crippen LogP contribution >= 0.6 is 11.8 Å². The van der Waals surface area contributed by atoms with Gasteiger partial charge in [-0.25, -0.2) is 4.79 Å². The van der Waals surface area contributed by atoms with Gasteiger partial charge in [0.25, 0.3) is 0 Å². The number of rotatable bonds is 16. The third-order valence-electron chi connectivity index (χ3n) is 4.96. The maximum Gasteiger partial charge on any atom is 0.328 e. The van der Waals surface area contributed by atoms with E-state index in [9.17, 15) is 24.0 Å². The van der Waals surface area contributed by atoms with Crippen LogP contribution in [0.3, 0.4) is 0 Å². The zero-order valence-corrected chi connectivity index (χ0v) is 20.1. The van der Waals surface area contributed by atoms with Crippen molar-refractivity contribution in [1.29, 1.82) is 0 Å². The molecule has 35 heavy (non-hydrogen) atoms. The predicted octanol–water partition coefficient (Wildman–Crippen LogP) is -1.29. The van der Waals surface area contributed by atoms with E-state index in [2.05, 4.69) is 16.0 Å². The second kappa shape index (κ2) is 15.7. The summed E-state index contributed by atoms with van der Waals surface area (Å²) >= 11 is 1.38. The van der Waals surface area contributed by atoms with Crippen LogP contribution in [0.2, 0.25) is 0 Å². The molecule has 0 radical (unpaired) electrons. The number of carboxylic acid groups (broad SMARTS) is 2. The molecule has 0 aromatic heterocycles. The third kappa shape index (κ3) is 11.2. The number of benzene rings is 1. The fourth-order valence-corrected chi connectivity index (χ4v) is 3.48. The first-order valence-electron chi connectivity index (χ1n) is 10.8. The molecule has 1 rings (SSSR count). The molecular formula is C22H32N4O8S. The van der Waals surface area contributed by atoms with Gasteiger partial charge in [-0.05, 0) is 36.8 Å². The van der Waals surface area contributed by atoms with E-state index in [0.29, 0.717) is 5.75 Å². The Morgan fingerprint density at radius 1 is 0.886 bits per heavy atom. The van der Waals surface area contributed by atoms with Crippen molar-refractivity contribution in [2.24, 2.45) is 5.73 Å². The number of thioether (sulfide) groups is 1. The van der Waals surface area contributed by atoms with E-state index in [-0.39, 0.29) is 19.3 Å². The summed E-state index contributed by atoms with van der Waals surface area (Å²) in [6.07, 6.45) is 1.41. The number of hydrogen-bond donors (Lipinski definition) is 7. The van der Waals surface area contributed by atoms with Crippen LogP contribution in [0.1, 0.15) is 24.8 Å². The fourth-order valence-electron chi connectivity index (χ4n) is 3.01. The minimum atomic E-state index is -1.56. The molecule has 12 nitrogen and oxygen atoms in total. The number of carboxylic acids is 2. The van der Waals surface area contributed by atoms with Gasteiger partial charge in [-0.1, -0.05) is 30.3 Å². The molecule has 0 saturated carbocycles. The molecule has 3 amide bonds. The maximum atomic E-state index is 12.9. The normalized spacial score (nSPS) is 14.1. The second-order valence-corrected chi connectivity index (χ2v) is 8.70. The van der Waals surface area contributed by atoms with Crippen molar-refractivity contribution in [3.8, 4) is 0 Å². The second-order valence-electron chi connectivity index (χ2n) is 7.71. The number of hydrogen-bond acceptors (Lipinski definition) is 8. The number of amides is 3. The molecule has 1 aromatic carbocycles. The summed E-state index contributed by atoms with van der Waals surface area (Å²) in [5.74, 6) is -4.52. The van der Waals surface area contributed by atoms with Gasteiger partial charge < -0.3 is 37.0 Å². The van der Waals surface area contributed by atoms with Crippen LogP contribution < -0.4 is 21.7 Å². The Bertz CT molecular complexity index is 870. The number of aliphatic hydroxyl groups excluding tert-OH is 1. The molecular weight excluding hydrogens is 480 g/mol. The molecule has 0 aliphatic carbocycles. The highest BCUT2D eigenvalue weighted by atomic mass is 32.2.